The number of carbonyl (C=O) groups is 6. The third-order valence-electron chi connectivity index (χ3n) is 7.99. The highest BCUT2D eigenvalue weighted by Gasteiger charge is 2.57. The normalized spacial score (nSPS) is 30.8. The molecule has 2 N–H and O–H groups in total. The molecule has 2 rings (SSSR count). The second kappa shape index (κ2) is 17.0. The first-order valence-electron chi connectivity index (χ1n) is 15.4. The summed E-state index contributed by atoms with van der Waals surface area (Å²) in [5, 5.41) is 13.3. The molecule has 10 atom stereocenters. The number of amides is 1. The van der Waals surface area contributed by atoms with Crippen LogP contribution in [0.4, 0.5) is 0 Å². The van der Waals surface area contributed by atoms with E-state index >= 15 is 0 Å². The molecule has 2 heterocycles. The lowest BCUT2D eigenvalue weighted by atomic mass is 9.95. The first-order valence-corrected chi connectivity index (χ1v) is 18.3. The number of aliphatic hydroxyl groups excluding tert-OH is 1. The molecule has 0 radical (unpaired) electrons. The maximum Gasteiger partial charge on any atom is 0.303 e. The van der Waals surface area contributed by atoms with E-state index in [0.717, 1.165) is 34.6 Å². The SMILES string of the molecule is CC(=O)N[C@@H]1[C@@H](OC(C)=O)[C@H](O[C@@H]2O[C@H](COC(C)=O)[C@H](OC(C)=O)[C@H](OC(C)=O)[C@H]2OC(C)=O)[C@@H](CO[Si](C)(C)C(C)(C)C)O[C@H]1O. The van der Waals surface area contributed by atoms with Crippen LogP contribution in [-0.4, -0.2) is 124 Å². The molecule has 2 fully saturated rings. The summed E-state index contributed by atoms with van der Waals surface area (Å²) < 4.78 is 51.9. The first kappa shape index (κ1) is 41.0. The van der Waals surface area contributed by atoms with Crippen LogP contribution in [0.25, 0.3) is 0 Å². The Kier molecular flexibility index (Phi) is 14.5. The number of nitrogens with one attached hydrogen (secondary N) is 1. The van der Waals surface area contributed by atoms with Crippen molar-refractivity contribution in [1.29, 1.82) is 0 Å². The van der Waals surface area contributed by atoms with Crippen LogP contribution in [0.3, 0.4) is 0 Å². The third-order valence-corrected chi connectivity index (χ3v) is 12.5. The number of rotatable bonds is 12. The van der Waals surface area contributed by atoms with Crippen LogP contribution in [0, 0.1) is 0 Å². The van der Waals surface area contributed by atoms with E-state index in [2.05, 4.69) is 5.32 Å². The zero-order chi connectivity index (χ0) is 36.7. The molecule has 0 bridgehead atoms. The van der Waals surface area contributed by atoms with Crippen molar-refractivity contribution in [1.82, 2.24) is 5.32 Å². The summed E-state index contributed by atoms with van der Waals surface area (Å²) in [7, 11) is -2.46. The molecule has 48 heavy (non-hydrogen) atoms. The zero-order valence-corrected chi connectivity index (χ0v) is 30.3. The van der Waals surface area contributed by atoms with Gasteiger partial charge in [-0.15, -0.1) is 0 Å². The van der Waals surface area contributed by atoms with E-state index in [1.165, 1.54) is 6.92 Å². The molecular formula is C30H49NO16Si. The van der Waals surface area contributed by atoms with Gasteiger partial charge >= 0.3 is 29.8 Å². The number of aliphatic hydroxyl groups is 1. The van der Waals surface area contributed by atoms with Crippen LogP contribution < -0.4 is 5.32 Å². The Morgan fingerprint density at radius 1 is 0.667 bits per heavy atom. The van der Waals surface area contributed by atoms with E-state index in [9.17, 15) is 33.9 Å². The molecule has 1 amide bonds. The lowest BCUT2D eigenvalue weighted by Crippen LogP contribution is -2.69. The van der Waals surface area contributed by atoms with Crippen LogP contribution >= 0.6 is 0 Å². The maximum atomic E-state index is 12.4. The molecule has 2 aliphatic rings. The highest BCUT2D eigenvalue weighted by molar-refractivity contribution is 6.74. The summed E-state index contributed by atoms with van der Waals surface area (Å²) in [5.41, 5.74) is 0. The van der Waals surface area contributed by atoms with Gasteiger partial charge in [-0.3, -0.25) is 28.8 Å². The smallest absolute Gasteiger partial charge is 0.303 e. The minimum absolute atomic E-state index is 0.186. The van der Waals surface area contributed by atoms with Crippen molar-refractivity contribution in [2.75, 3.05) is 13.2 Å². The molecule has 0 spiro atoms. The van der Waals surface area contributed by atoms with Crippen LogP contribution in [0.5, 0.6) is 0 Å². The van der Waals surface area contributed by atoms with Crippen molar-refractivity contribution in [3.05, 3.63) is 0 Å². The van der Waals surface area contributed by atoms with Crippen molar-refractivity contribution in [2.45, 2.75) is 142 Å². The highest BCUT2D eigenvalue weighted by atomic mass is 28.4. The summed E-state index contributed by atoms with van der Waals surface area (Å²) in [4.78, 5) is 73.0. The van der Waals surface area contributed by atoms with Crippen LogP contribution in [0.15, 0.2) is 0 Å². The van der Waals surface area contributed by atoms with Crippen molar-refractivity contribution in [3.8, 4) is 0 Å². The van der Waals surface area contributed by atoms with Gasteiger partial charge in [0.05, 0.1) is 6.61 Å². The number of hydrogen-bond acceptors (Lipinski definition) is 16. The van der Waals surface area contributed by atoms with Gasteiger partial charge in [0.15, 0.2) is 45.3 Å². The van der Waals surface area contributed by atoms with E-state index < -0.39 is 112 Å². The number of hydrogen-bond donors (Lipinski definition) is 2. The second-order valence-corrected chi connectivity index (χ2v) is 17.9. The van der Waals surface area contributed by atoms with Gasteiger partial charge in [0.1, 0.15) is 31.0 Å². The summed E-state index contributed by atoms with van der Waals surface area (Å²) in [6, 6.07) is -1.36. The van der Waals surface area contributed by atoms with Crippen molar-refractivity contribution in [2.24, 2.45) is 0 Å². The predicted molar refractivity (Wildman–Crippen MR) is 164 cm³/mol. The number of ether oxygens (including phenoxy) is 8. The molecule has 0 unspecified atom stereocenters. The molecule has 0 saturated carbocycles. The lowest BCUT2D eigenvalue weighted by Gasteiger charge is -2.49. The topological polar surface area (TPSA) is 218 Å². The molecule has 274 valence electrons. The van der Waals surface area contributed by atoms with Gasteiger partial charge in [0.2, 0.25) is 5.91 Å². The Bertz CT molecular complexity index is 1190. The largest absolute Gasteiger partial charge is 0.463 e. The maximum absolute atomic E-state index is 12.4. The molecule has 0 aromatic heterocycles. The summed E-state index contributed by atoms with van der Waals surface area (Å²) in [6.07, 6.45) is -13.4. The van der Waals surface area contributed by atoms with Crippen LogP contribution in [-0.2, 0) is 71.1 Å². The zero-order valence-electron chi connectivity index (χ0n) is 29.3. The average Bonchev–Trinajstić information content (AvgIpc) is 2.91. The highest BCUT2D eigenvalue weighted by Crippen LogP contribution is 2.38. The minimum Gasteiger partial charge on any atom is -0.463 e. The molecule has 0 aromatic rings. The van der Waals surface area contributed by atoms with E-state index in [1.54, 1.807) is 0 Å². The van der Waals surface area contributed by atoms with E-state index in [-0.39, 0.29) is 11.6 Å². The van der Waals surface area contributed by atoms with Gasteiger partial charge in [0, 0.05) is 41.5 Å². The summed E-state index contributed by atoms with van der Waals surface area (Å²) in [6.45, 7) is 15.9. The van der Waals surface area contributed by atoms with Gasteiger partial charge in [-0.25, -0.2) is 0 Å². The Morgan fingerprint density at radius 3 is 1.62 bits per heavy atom. The van der Waals surface area contributed by atoms with Gasteiger partial charge in [-0.2, -0.15) is 0 Å². The van der Waals surface area contributed by atoms with E-state index in [4.69, 9.17) is 42.3 Å². The fourth-order valence-electron chi connectivity index (χ4n) is 4.90. The Labute approximate surface area is 280 Å². The Hall–Kier alpha value is -3.16. The standard InChI is InChI=1S/C30H49NO16Si/c1-14(32)31-22-25(42-17(4)35)23(21(45-28(22)38)13-40-48(10,11)30(7,8)9)47-29-27(44-19(6)37)26(43-18(5)36)24(41-16(3)34)20(46-29)12-39-15(2)33/h20-29,38H,12-13H2,1-11H3,(H,31,32)/t20-,21-,22-,23-,24+,25-,26+,27-,28-,29+/m1/s1. The second-order valence-electron chi connectivity index (χ2n) is 13.1. The monoisotopic (exact) mass is 707 g/mol. The van der Waals surface area contributed by atoms with E-state index in [0.29, 0.717) is 0 Å². The number of esters is 5. The predicted octanol–water partition coefficient (Wildman–Crippen LogP) is 0.630. The third kappa shape index (κ3) is 11.5. The fraction of sp³-hybridized carbons (Fsp3) is 0.800. The molecule has 0 aromatic carbocycles. The van der Waals surface area contributed by atoms with Crippen molar-refractivity contribution >= 4 is 44.1 Å². The van der Waals surface area contributed by atoms with Gasteiger partial charge in [-0.1, -0.05) is 20.8 Å². The summed E-state index contributed by atoms with van der Waals surface area (Å²) >= 11 is 0. The first-order chi connectivity index (χ1) is 22.0. The Balaban J connectivity index is 2.71. The fourth-order valence-corrected chi connectivity index (χ4v) is 5.91. The molecule has 17 nitrogen and oxygen atoms in total. The average molecular weight is 708 g/mol. The van der Waals surface area contributed by atoms with Crippen molar-refractivity contribution < 1.29 is 76.2 Å². The van der Waals surface area contributed by atoms with Gasteiger partial charge < -0.3 is 52.7 Å². The lowest BCUT2D eigenvalue weighted by molar-refractivity contribution is -0.347. The number of carbonyl (C=O) groups excluding carboxylic acids is 6. The molecule has 0 aliphatic carbocycles. The summed E-state index contributed by atoms with van der Waals surface area (Å²) in [5.74, 6) is -4.65. The van der Waals surface area contributed by atoms with Crippen molar-refractivity contribution in [3.63, 3.8) is 0 Å². The quantitative estimate of drug-likeness (QED) is 0.161. The molecule has 2 saturated heterocycles. The molecule has 2 aliphatic heterocycles. The van der Waals surface area contributed by atoms with Gasteiger partial charge in [-0.05, 0) is 18.1 Å². The van der Waals surface area contributed by atoms with E-state index in [1.807, 2.05) is 33.9 Å². The molecular weight excluding hydrogens is 658 g/mol. The molecule has 18 heteroatoms. The van der Waals surface area contributed by atoms with Crippen LogP contribution in [0.1, 0.15) is 62.3 Å². The Morgan fingerprint density at radius 2 is 1.15 bits per heavy atom. The van der Waals surface area contributed by atoms with Crippen LogP contribution in [0.2, 0.25) is 18.1 Å². The minimum atomic E-state index is -2.46. The van der Waals surface area contributed by atoms with Gasteiger partial charge in [0.25, 0.3) is 0 Å².